The topological polar surface area (TPSA) is 56.8 Å². The number of ether oxygens (including phenoxy) is 1. The predicted molar refractivity (Wildman–Crippen MR) is 76.0 cm³/mol. The zero-order chi connectivity index (χ0) is 14.4. The molecule has 0 aromatic heterocycles. The summed E-state index contributed by atoms with van der Waals surface area (Å²) >= 11 is 0. The Morgan fingerprint density at radius 2 is 1.80 bits per heavy atom. The Morgan fingerprint density at radius 3 is 2.40 bits per heavy atom. The molecular formula is C17H14N2O. The molecule has 0 fully saturated rings. The van der Waals surface area contributed by atoms with Gasteiger partial charge in [-0.25, -0.2) is 0 Å². The van der Waals surface area contributed by atoms with Crippen LogP contribution in [0.5, 0.6) is 5.75 Å². The first-order valence-corrected chi connectivity index (χ1v) is 6.31. The first-order chi connectivity index (χ1) is 9.72. The summed E-state index contributed by atoms with van der Waals surface area (Å²) in [5.74, 6) is 0.774. The van der Waals surface area contributed by atoms with E-state index in [4.69, 9.17) is 15.3 Å². The summed E-state index contributed by atoms with van der Waals surface area (Å²) in [4.78, 5) is 0. The first-order valence-electron chi connectivity index (χ1n) is 6.31. The largest absolute Gasteiger partial charge is 0.489 e. The molecule has 0 heterocycles. The van der Waals surface area contributed by atoms with Gasteiger partial charge in [-0.05, 0) is 47.9 Å². The van der Waals surface area contributed by atoms with Crippen molar-refractivity contribution in [3.63, 3.8) is 0 Å². The van der Waals surface area contributed by atoms with Crippen LogP contribution in [0.3, 0.4) is 0 Å². The van der Waals surface area contributed by atoms with Crippen LogP contribution in [0.2, 0.25) is 0 Å². The molecule has 0 aliphatic heterocycles. The average Bonchev–Trinajstić information content (AvgIpc) is 2.48. The van der Waals surface area contributed by atoms with Gasteiger partial charge in [0.25, 0.3) is 0 Å². The molecule has 20 heavy (non-hydrogen) atoms. The number of benzene rings is 2. The molecule has 0 amide bonds. The molecule has 0 radical (unpaired) electrons. The Morgan fingerprint density at radius 1 is 1.05 bits per heavy atom. The quantitative estimate of drug-likeness (QED) is 0.847. The second-order valence-corrected chi connectivity index (χ2v) is 4.52. The van der Waals surface area contributed by atoms with Crippen LogP contribution < -0.4 is 4.74 Å². The fourth-order valence-electron chi connectivity index (χ4n) is 1.88. The maximum absolute atomic E-state index is 8.83. The highest BCUT2D eigenvalue weighted by Gasteiger charge is 2.02. The molecule has 3 heteroatoms. The molecule has 0 N–H and O–H groups in total. The van der Waals surface area contributed by atoms with E-state index >= 15 is 0 Å². The van der Waals surface area contributed by atoms with Crippen molar-refractivity contribution < 1.29 is 4.74 Å². The van der Waals surface area contributed by atoms with Crippen molar-refractivity contribution in [3.8, 4) is 17.9 Å². The van der Waals surface area contributed by atoms with E-state index in [-0.39, 0.29) is 0 Å². The van der Waals surface area contributed by atoms with Crippen LogP contribution in [-0.4, -0.2) is 0 Å². The van der Waals surface area contributed by atoms with E-state index in [9.17, 15) is 0 Å². The van der Waals surface area contributed by atoms with Crippen molar-refractivity contribution >= 4 is 0 Å². The summed E-state index contributed by atoms with van der Waals surface area (Å²) in [6.07, 6.45) is 0.412. The van der Waals surface area contributed by atoms with Crippen LogP contribution in [0.25, 0.3) is 0 Å². The fraction of sp³-hybridized carbons (Fsp3) is 0.176. The SMILES string of the molecule is Cc1cc(C#N)ccc1COc1ccc(CC#N)cc1. The van der Waals surface area contributed by atoms with Gasteiger partial charge in [-0.3, -0.25) is 0 Å². The van der Waals surface area contributed by atoms with Crippen molar-refractivity contribution in [2.75, 3.05) is 0 Å². The zero-order valence-corrected chi connectivity index (χ0v) is 11.3. The average molecular weight is 262 g/mol. The summed E-state index contributed by atoms with van der Waals surface area (Å²) in [6.45, 7) is 2.44. The van der Waals surface area contributed by atoms with Gasteiger partial charge < -0.3 is 4.74 Å². The molecule has 2 rings (SSSR count). The molecular weight excluding hydrogens is 248 g/mol. The number of rotatable bonds is 4. The fourth-order valence-corrected chi connectivity index (χ4v) is 1.88. The molecule has 0 atom stereocenters. The summed E-state index contributed by atoms with van der Waals surface area (Å²) in [6, 6.07) is 17.3. The maximum atomic E-state index is 8.83. The van der Waals surface area contributed by atoms with E-state index in [0.29, 0.717) is 18.6 Å². The zero-order valence-electron chi connectivity index (χ0n) is 11.3. The van der Waals surface area contributed by atoms with Gasteiger partial charge in [0.2, 0.25) is 0 Å². The lowest BCUT2D eigenvalue weighted by Gasteiger charge is -2.09. The normalized spacial score (nSPS) is 9.55. The Bertz CT molecular complexity index is 676. The maximum Gasteiger partial charge on any atom is 0.119 e. The summed E-state index contributed by atoms with van der Waals surface area (Å²) in [5.41, 5.74) is 3.75. The Kier molecular flexibility index (Phi) is 4.37. The Balaban J connectivity index is 2.02. The van der Waals surface area contributed by atoms with Crippen molar-refractivity contribution in [2.45, 2.75) is 20.0 Å². The minimum Gasteiger partial charge on any atom is -0.489 e. The van der Waals surface area contributed by atoms with Crippen molar-refractivity contribution in [1.29, 1.82) is 10.5 Å². The van der Waals surface area contributed by atoms with Crippen molar-refractivity contribution in [1.82, 2.24) is 0 Å². The molecule has 0 aliphatic rings. The van der Waals surface area contributed by atoms with Crippen LogP contribution in [-0.2, 0) is 13.0 Å². The molecule has 0 bridgehead atoms. The third-order valence-corrected chi connectivity index (χ3v) is 3.07. The van der Waals surface area contributed by atoms with Crippen LogP contribution in [0.15, 0.2) is 42.5 Å². The summed E-state index contributed by atoms with van der Waals surface area (Å²) < 4.78 is 5.71. The minimum absolute atomic E-state index is 0.412. The number of nitriles is 2. The van der Waals surface area contributed by atoms with E-state index in [1.165, 1.54) is 0 Å². The highest BCUT2D eigenvalue weighted by molar-refractivity contribution is 5.37. The van der Waals surface area contributed by atoms with Crippen LogP contribution in [0, 0.1) is 29.6 Å². The Hall–Kier alpha value is -2.78. The molecule has 0 saturated carbocycles. The highest BCUT2D eigenvalue weighted by Crippen LogP contribution is 2.17. The molecule has 2 aromatic carbocycles. The lowest BCUT2D eigenvalue weighted by Crippen LogP contribution is -1.98. The second kappa shape index (κ2) is 6.41. The molecule has 3 nitrogen and oxygen atoms in total. The molecule has 98 valence electrons. The van der Waals surface area contributed by atoms with Crippen molar-refractivity contribution in [2.24, 2.45) is 0 Å². The van der Waals surface area contributed by atoms with Gasteiger partial charge in [0.1, 0.15) is 12.4 Å². The number of hydrogen-bond donors (Lipinski definition) is 0. The number of aryl methyl sites for hydroxylation is 1. The van der Waals surface area contributed by atoms with Gasteiger partial charge in [-0.15, -0.1) is 0 Å². The minimum atomic E-state index is 0.412. The van der Waals surface area contributed by atoms with Crippen LogP contribution in [0.1, 0.15) is 22.3 Å². The number of hydrogen-bond acceptors (Lipinski definition) is 3. The number of nitrogens with zero attached hydrogens (tertiary/aromatic N) is 2. The summed E-state index contributed by atoms with van der Waals surface area (Å²) in [5, 5.41) is 17.4. The summed E-state index contributed by atoms with van der Waals surface area (Å²) in [7, 11) is 0. The van der Waals surface area contributed by atoms with Gasteiger partial charge >= 0.3 is 0 Å². The van der Waals surface area contributed by atoms with Gasteiger partial charge in [-0.2, -0.15) is 10.5 Å². The van der Waals surface area contributed by atoms with Crippen molar-refractivity contribution in [3.05, 3.63) is 64.7 Å². The highest BCUT2D eigenvalue weighted by atomic mass is 16.5. The van der Waals surface area contributed by atoms with E-state index in [0.717, 1.165) is 22.4 Å². The predicted octanol–water partition coefficient (Wildman–Crippen LogP) is 3.51. The molecule has 2 aromatic rings. The smallest absolute Gasteiger partial charge is 0.119 e. The lowest BCUT2D eigenvalue weighted by molar-refractivity contribution is 0.305. The van der Waals surface area contributed by atoms with Gasteiger partial charge in [-0.1, -0.05) is 18.2 Å². The van der Waals surface area contributed by atoms with E-state index in [2.05, 4.69) is 12.1 Å². The third kappa shape index (κ3) is 3.37. The van der Waals surface area contributed by atoms with Crippen LogP contribution in [0.4, 0.5) is 0 Å². The molecule has 0 aliphatic carbocycles. The van der Waals surface area contributed by atoms with E-state index in [1.54, 1.807) is 6.07 Å². The first kappa shape index (κ1) is 13.6. The van der Waals surface area contributed by atoms with Gasteiger partial charge in [0.05, 0.1) is 24.1 Å². The monoisotopic (exact) mass is 262 g/mol. The molecule has 0 unspecified atom stereocenters. The van der Waals surface area contributed by atoms with E-state index in [1.807, 2.05) is 43.3 Å². The van der Waals surface area contributed by atoms with E-state index < -0.39 is 0 Å². The molecule has 0 saturated heterocycles. The Labute approximate surface area is 118 Å². The van der Waals surface area contributed by atoms with Crippen LogP contribution >= 0.6 is 0 Å². The van der Waals surface area contributed by atoms with Gasteiger partial charge in [0.15, 0.2) is 0 Å². The lowest BCUT2D eigenvalue weighted by atomic mass is 10.1. The second-order valence-electron chi connectivity index (χ2n) is 4.52. The van der Waals surface area contributed by atoms with Gasteiger partial charge in [0, 0.05) is 0 Å². The molecule has 0 spiro atoms. The third-order valence-electron chi connectivity index (χ3n) is 3.07. The standard InChI is InChI=1S/C17H14N2O/c1-13-10-15(11-19)2-5-16(13)12-20-17-6-3-14(4-7-17)8-9-18/h2-7,10H,8,12H2,1H3.